The summed E-state index contributed by atoms with van der Waals surface area (Å²) in [5.41, 5.74) is 5.11. The van der Waals surface area contributed by atoms with E-state index in [1.54, 1.807) is 6.20 Å². The quantitative estimate of drug-likeness (QED) is 0.417. The molecule has 8 heteroatoms. The van der Waals surface area contributed by atoms with E-state index in [0.717, 1.165) is 87.2 Å². The minimum Gasteiger partial charge on any atom is -0.493 e. The molecule has 8 nitrogen and oxygen atoms in total. The minimum atomic E-state index is 0.569. The van der Waals surface area contributed by atoms with Crippen LogP contribution >= 0.6 is 0 Å². The summed E-state index contributed by atoms with van der Waals surface area (Å²) in [6.07, 6.45) is 6.98. The molecule has 0 saturated carbocycles. The van der Waals surface area contributed by atoms with E-state index in [9.17, 15) is 0 Å². The van der Waals surface area contributed by atoms with Gasteiger partial charge in [-0.05, 0) is 48.4 Å². The van der Waals surface area contributed by atoms with Crippen molar-refractivity contribution in [2.24, 2.45) is 0 Å². The molecule has 4 N–H and O–H groups in total. The maximum absolute atomic E-state index is 5.94. The van der Waals surface area contributed by atoms with Crippen molar-refractivity contribution in [3.63, 3.8) is 0 Å². The van der Waals surface area contributed by atoms with Gasteiger partial charge in [0.1, 0.15) is 5.75 Å². The first-order valence-electron chi connectivity index (χ1n) is 12.8. The molecule has 5 rings (SSSR count). The summed E-state index contributed by atoms with van der Waals surface area (Å²) in [5.74, 6) is 1.41. The van der Waals surface area contributed by atoms with E-state index < -0.39 is 0 Å². The zero-order chi connectivity index (χ0) is 24.4. The Kier molecular flexibility index (Phi) is 8.41. The summed E-state index contributed by atoms with van der Waals surface area (Å²) < 4.78 is 5.94. The van der Waals surface area contributed by atoms with Gasteiger partial charge in [0.05, 0.1) is 12.3 Å². The van der Waals surface area contributed by atoms with Crippen LogP contribution in [-0.2, 0) is 6.54 Å². The topological polar surface area (TPSA) is 86.4 Å². The summed E-state index contributed by atoms with van der Waals surface area (Å²) in [6, 6.07) is 16.5. The average Bonchev–Trinajstić information content (AvgIpc) is 2.91. The average molecular weight is 486 g/mol. The maximum Gasteiger partial charge on any atom is 0.227 e. The Bertz CT molecular complexity index is 1160. The number of hydrogen-bond acceptors (Lipinski definition) is 8. The summed E-state index contributed by atoms with van der Waals surface area (Å²) >= 11 is 0. The lowest BCUT2D eigenvalue weighted by atomic mass is 10.1. The molecule has 0 spiro atoms. The first-order chi connectivity index (χ1) is 17.8. The number of rotatable bonds is 4. The van der Waals surface area contributed by atoms with Gasteiger partial charge in [-0.1, -0.05) is 24.3 Å². The van der Waals surface area contributed by atoms with Crippen LogP contribution in [0.25, 0.3) is 11.3 Å². The Morgan fingerprint density at radius 1 is 1.00 bits per heavy atom. The van der Waals surface area contributed by atoms with Gasteiger partial charge in [-0.15, -0.1) is 0 Å². The molecule has 0 unspecified atom stereocenters. The third kappa shape index (κ3) is 7.04. The molecule has 6 bridgehead atoms. The molecule has 0 amide bonds. The lowest BCUT2D eigenvalue weighted by molar-refractivity contribution is 0.249. The van der Waals surface area contributed by atoms with E-state index in [-0.39, 0.29) is 0 Å². The van der Waals surface area contributed by atoms with E-state index in [0.29, 0.717) is 12.6 Å². The molecule has 2 aliphatic rings. The zero-order valence-electron chi connectivity index (χ0n) is 20.7. The van der Waals surface area contributed by atoms with Gasteiger partial charge in [0.25, 0.3) is 0 Å². The van der Waals surface area contributed by atoms with Crippen LogP contribution in [0.15, 0.2) is 66.9 Å². The normalized spacial score (nSPS) is 17.7. The third-order valence-electron chi connectivity index (χ3n) is 6.31. The van der Waals surface area contributed by atoms with E-state index in [4.69, 9.17) is 9.72 Å². The molecule has 2 aromatic carbocycles. The number of piperazine rings is 1. The number of benzene rings is 2. The molecule has 3 heterocycles. The molecular weight excluding hydrogens is 450 g/mol. The van der Waals surface area contributed by atoms with Gasteiger partial charge in [-0.25, -0.2) is 9.97 Å². The molecule has 1 fully saturated rings. The Labute approximate surface area is 213 Å². The zero-order valence-corrected chi connectivity index (χ0v) is 20.7. The molecule has 1 saturated heterocycles. The van der Waals surface area contributed by atoms with Crippen LogP contribution in [0.2, 0.25) is 0 Å². The number of nitrogens with one attached hydrogen (secondary N) is 4. The molecule has 0 aliphatic carbocycles. The predicted molar refractivity (Wildman–Crippen MR) is 146 cm³/mol. The summed E-state index contributed by atoms with van der Waals surface area (Å²) in [6.45, 7) is 8.51. The molecule has 2 aliphatic heterocycles. The van der Waals surface area contributed by atoms with Gasteiger partial charge in [0.15, 0.2) is 0 Å². The molecule has 188 valence electrons. The number of anilines is 3. The van der Waals surface area contributed by atoms with E-state index in [1.165, 1.54) is 5.56 Å². The number of hydrogen-bond donors (Lipinski definition) is 4. The fraction of sp³-hybridized carbons (Fsp3) is 0.357. The largest absolute Gasteiger partial charge is 0.493 e. The van der Waals surface area contributed by atoms with Gasteiger partial charge in [0, 0.05) is 75.5 Å². The highest BCUT2D eigenvalue weighted by Gasteiger charge is 2.10. The van der Waals surface area contributed by atoms with Crippen molar-refractivity contribution in [1.82, 2.24) is 25.5 Å². The van der Waals surface area contributed by atoms with Crippen molar-refractivity contribution >= 4 is 17.3 Å². The number of fused-ring (bicyclic) bond motifs is 7. The predicted octanol–water partition coefficient (Wildman–Crippen LogP) is 3.63. The summed E-state index contributed by atoms with van der Waals surface area (Å²) in [7, 11) is 0. The highest BCUT2D eigenvalue weighted by molar-refractivity contribution is 5.66. The fourth-order valence-corrected chi connectivity index (χ4v) is 4.46. The Hall–Kier alpha value is -3.46. The minimum absolute atomic E-state index is 0.569. The van der Waals surface area contributed by atoms with Crippen molar-refractivity contribution < 1.29 is 4.74 Å². The first-order valence-corrected chi connectivity index (χ1v) is 12.8. The van der Waals surface area contributed by atoms with Crippen LogP contribution in [0.1, 0.15) is 12.0 Å². The molecule has 0 radical (unpaired) electrons. The first kappa shape index (κ1) is 24.2. The second kappa shape index (κ2) is 12.5. The SMILES string of the molecule is C1=C/CNCc2cc(NCCN3CCNCC3)cc(c2)Nc2nccc(n2)-c2cccc(c2)OCC/1. The van der Waals surface area contributed by atoms with Crippen LogP contribution in [0, 0.1) is 0 Å². The number of aromatic nitrogens is 2. The summed E-state index contributed by atoms with van der Waals surface area (Å²) in [5, 5.41) is 14.0. The van der Waals surface area contributed by atoms with Gasteiger partial charge >= 0.3 is 0 Å². The van der Waals surface area contributed by atoms with Gasteiger partial charge < -0.3 is 26.0 Å². The molecular formula is C28H35N7O. The highest BCUT2D eigenvalue weighted by atomic mass is 16.5. The maximum atomic E-state index is 5.94. The van der Waals surface area contributed by atoms with Crippen LogP contribution in [0.4, 0.5) is 17.3 Å². The summed E-state index contributed by atoms with van der Waals surface area (Å²) in [4.78, 5) is 11.7. The van der Waals surface area contributed by atoms with E-state index in [1.807, 2.05) is 30.3 Å². The third-order valence-corrected chi connectivity index (χ3v) is 6.31. The molecule has 36 heavy (non-hydrogen) atoms. The molecule has 1 aromatic heterocycles. The smallest absolute Gasteiger partial charge is 0.227 e. The fourth-order valence-electron chi connectivity index (χ4n) is 4.46. The van der Waals surface area contributed by atoms with Gasteiger partial charge in [0.2, 0.25) is 5.95 Å². The Morgan fingerprint density at radius 2 is 1.94 bits per heavy atom. The monoisotopic (exact) mass is 485 g/mol. The van der Waals surface area contributed by atoms with Crippen LogP contribution in [0.5, 0.6) is 5.75 Å². The van der Waals surface area contributed by atoms with Crippen LogP contribution in [-0.4, -0.2) is 67.3 Å². The van der Waals surface area contributed by atoms with Crippen molar-refractivity contribution in [2.75, 3.05) is 63.1 Å². The van der Waals surface area contributed by atoms with Crippen molar-refractivity contribution in [1.29, 1.82) is 0 Å². The Balaban J connectivity index is 1.36. The van der Waals surface area contributed by atoms with Crippen molar-refractivity contribution in [2.45, 2.75) is 13.0 Å². The molecule has 3 aromatic rings. The van der Waals surface area contributed by atoms with Crippen LogP contribution < -0.4 is 26.0 Å². The van der Waals surface area contributed by atoms with Crippen molar-refractivity contribution in [3.8, 4) is 17.0 Å². The van der Waals surface area contributed by atoms with Gasteiger partial charge in [-0.3, -0.25) is 4.90 Å². The lowest BCUT2D eigenvalue weighted by Crippen LogP contribution is -2.45. The Morgan fingerprint density at radius 3 is 2.89 bits per heavy atom. The lowest BCUT2D eigenvalue weighted by Gasteiger charge is -2.27. The molecule has 0 atom stereocenters. The second-order valence-corrected chi connectivity index (χ2v) is 9.09. The number of ether oxygens (including phenoxy) is 1. The van der Waals surface area contributed by atoms with Crippen molar-refractivity contribution in [3.05, 3.63) is 72.4 Å². The van der Waals surface area contributed by atoms with Crippen LogP contribution in [0.3, 0.4) is 0 Å². The second-order valence-electron chi connectivity index (χ2n) is 9.09. The van der Waals surface area contributed by atoms with E-state index in [2.05, 4.69) is 61.5 Å². The highest BCUT2D eigenvalue weighted by Crippen LogP contribution is 2.25. The number of nitrogens with zero attached hydrogens (tertiary/aromatic N) is 3. The standard InChI is InChI=1S/C28H35N7O/c1-2-8-30-21-22-17-24(31-12-15-35-13-10-29-11-14-35)20-25(18-22)33-28-32-9-7-27(34-28)23-5-4-6-26(19-23)36-16-3-1/h1-2,4-7,9,17-20,29-31H,3,8,10-16,21H2,(H,32,33,34)/b2-1+. The van der Waals surface area contributed by atoms with E-state index >= 15 is 0 Å². The van der Waals surface area contributed by atoms with Gasteiger partial charge in [-0.2, -0.15) is 0 Å².